The first-order valence-electron chi connectivity index (χ1n) is 9.07. The largest absolute Gasteiger partial charge is 0.326 e. The van der Waals surface area contributed by atoms with Gasteiger partial charge in [-0.2, -0.15) is 0 Å². The van der Waals surface area contributed by atoms with Gasteiger partial charge in [-0.05, 0) is 68.3 Å². The zero-order valence-electron chi connectivity index (χ0n) is 16.0. The summed E-state index contributed by atoms with van der Waals surface area (Å²) >= 11 is 0. The van der Waals surface area contributed by atoms with Crippen LogP contribution in [0, 0.1) is 20.8 Å². The lowest BCUT2D eigenvalue weighted by Gasteiger charge is -2.06. The molecule has 28 heavy (non-hydrogen) atoms. The number of pyridine rings is 1. The average Bonchev–Trinajstić information content (AvgIpc) is 3.04. The highest BCUT2D eigenvalue weighted by molar-refractivity contribution is 6.05. The van der Waals surface area contributed by atoms with Gasteiger partial charge in [0.25, 0.3) is 5.91 Å². The first-order valence-corrected chi connectivity index (χ1v) is 9.07. The summed E-state index contributed by atoms with van der Waals surface area (Å²) in [6, 6.07) is 17.2. The molecule has 2 aromatic carbocycles. The molecule has 6 heteroatoms. The molecule has 3 N–H and O–H groups in total. The lowest BCUT2D eigenvalue weighted by atomic mass is 10.2. The Balaban J connectivity index is 1.57. The van der Waals surface area contributed by atoms with E-state index in [1.807, 2.05) is 63.2 Å². The van der Waals surface area contributed by atoms with Crippen molar-refractivity contribution in [3.8, 4) is 0 Å². The second kappa shape index (κ2) is 7.15. The number of fused-ring (bicyclic) bond motifs is 1. The standard InChI is InChI=1S/C22H21N5O/c1-13-10-15(3)23-20(11-13)27-21(28)16-8-9-18-19(12-16)26-22(25-18)24-17-7-5-4-6-14(17)2/h4-12H,1-3H3,(H,23,27,28)(H2,24,25,26). The van der Waals surface area contributed by atoms with Crippen molar-refractivity contribution in [3.63, 3.8) is 0 Å². The van der Waals surface area contributed by atoms with E-state index in [0.717, 1.165) is 33.5 Å². The molecule has 0 saturated carbocycles. The molecule has 0 atom stereocenters. The summed E-state index contributed by atoms with van der Waals surface area (Å²) in [6.45, 7) is 5.92. The van der Waals surface area contributed by atoms with Crippen LogP contribution in [0.3, 0.4) is 0 Å². The number of hydrogen-bond acceptors (Lipinski definition) is 4. The van der Waals surface area contributed by atoms with Crippen LogP contribution in [0.1, 0.15) is 27.2 Å². The maximum Gasteiger partial charge on any atom is 0.256 e. The molecule has 0 aliphatic carbocycles. The van der Waals surface area contributed by atoms with E-state index in [1.54, 1.807) is 12.1 Å². The van der Waals surface area contributed by atoms with Crippen LogP contribution in [0.15, 0.2) is 54.6 Å². The molecule has 4 rings (SSSR count). The van der Waals surface area contributed by atoms with Crippen molar-refractivity contribution < 1.29 is 4.79 Å². The summed E-state index contributed by atoms with van der Waals surface area (Å²) in [6.07, 6.45) is 0. The fourth-order valence-electron chi connectivity index (χ4n) is 3.14. The molecule has 0 radical (unpaired) electrons. The van der Waals surface area contributed by atoms with Gasteiger partial charge in [0, 0.05) is 16.9 Å². The minimum atomic E-state index is -0.212. The predicted molar refractivity (Wildman–Crippen MR) is 112 cm³/mol. The Bertz CT molecular complexity index is 1160. The molecule has 0 aliphatic rings. The van der Waals surface area contributed by atoms with Crippen molar-refractivity contribution in [1.29, 1.82) is 0 Å². The van der Waals surface area contributed by atoms with Gasteiger partial charge in [0.15, 0.2) is 0 Å². The summed E-state index contributed by atoms with van der Waals surface area (Å²) in [4.78, 5) is 24.8. The molecule has 140 valence electrons. The van der Waals surface area contributed by atoms with Crippen molar-refractivity contribution in [2.75, 3.05) is 10.6 Å². The van der Waals surface area contributed by atoms with Gasteiger partial charge in [0.05, 0.1) is 11.0 Å². The number of aromatic nitrogens is 3. The number of rotatable bonds is 4. The fourth-order valence-corrected chi connectivity index (χ4v) is 3.14. The number of H-pyrrole nitrogens is 1. The molecule has 0 bridgehead atoms. The third-order valence-corrected chi connectivity index (χ3v) is 4.48. The Morgan fingerprint density at radius 3 is 2.57 bits per heavy atom. The first kappa shape index (κ1) is 17.7. The normalized spacial score (nSPS) is 10.8. The van der Waals surface area contributed by atoms with Crippen LogP contribution < -0.4 is 10.6 Å². The van der Waals surface area contributed by atoms with Gasteiger partial charge in [-0.1, -0.05) is 18.2 Å². The van der Waals surface area contributed by atoms with Gasteiger partial charge in [-0.25, -0.2) is 9.97 Å². The van der Waals surface area contributed by atoms with E-state index in [4.69, 9.17) is 0 Å². The summed E-state index contributed by atoms with van der Waals surface area (Å²) in [5, 5.41) is 6.14. The highest BCUT2D eigenvalue weighted by Gasteiger charge is 2.11. The maximum atomic E-state index is 12.6. The Morgan fingerprint density at radius 2 is 1.79 bits per heavy atom. The second-order valence-corrected chi connectivity index (χ2v) is 6.88. The van der Waals surface area contributed by atoms with Crippen molar-refractivity contribution in [2.45, 2.75) is 20.8 Å². The number of aromatic amines is 1. The SMILES string of the molecule is Cc1cc(C)nc(NC(=O)c2ccc3[nH]c(Nc4ccccc4C)nc3c2)c1. The van der Waals surface area contributed by atoms with E-state index in [-0.39, 0.29) is 5.91 Å². The van der Waals surface area contributed by atoms with Crippen LogP contribution in [0.2, 0.25) is 0 Å². The molecule has 1 amide bonds. The summed E-state index contributed by atoms with van der Waals surface area (Å²) in [5.41, 5.74) is 6.14. The summed E-state index contributed by atoms with van der Waals surface area (Å²) in [5.74, 6) is 0.972. The Kier molecular flexibility index (Phi) is 4.53. The van der Waals surface area contributed by atoms with E-state index in [1.165, 1.54) is 0 Å². The molecule has 4 aromatic rings. The van der Waals surface area contributed by atoms with Crippen molar-refractivity contribution in [1.82, 2.24) is 15.0 Å². The molecule has 6 nitrogen and oxygen atoms in total. The van der Waals surface area contributed by atoms with E-state index in [2.05, 4.69) is 25.6 Å². The smallest absolute Gasteiger partial charge is 0.256 e. The molecule has 0 spiro atoms. The molecular weight excluding hydrogens is 350 g/mol. The fraction of sp³-hybridized carbons (Fsp3) is 0.136. The second-order valence-electron chi connectivity index (χ2n) is 6.88. The summed E-state index contributed by atoms with van der Waals surface area (Å²) < 4.78 is 0. The molecule has 0 fully saturated rings. The number of anilines is 3. The minimum absolute atomic E-state index is 0.212. The molecule has 2 aromatic heterocycles. The lowest BCUT2D eigenvalue weighted by molar-refractivity contribution is 0.102. The van der Waals surface area contributed by atoms with Gasteiger partial charge in [-0.3, -0.25) is 4.79 Å². The molecule has 0 unspecified atom stereocenters. The van der Waals surface area contributed by atoms with Crippen molar-refractivity contribution in [3.05, 3.63) is 77.0 Å². The van der Waals surface area contributed by atoms with Gasteiger partial charge in [0.1, 0.15) is 5.82 Å². The number of nitrogens with one attached hydrogen (secondary N) is 3. The van der Waals surface area contributed by atoms with E-state index in [0.29, 0.717) is 17.3 Å². The zero-order valence-corrected chi connectivity index (χ0v) is 16.0. The van der Waals surface area contributed by atoms with Gasteiger partial charge < -0.3 is 15.6 Å². The van der Waals surface area contributed by atoms with Crippen LogP contribution in [-0.4, -0.2) is 20.9 Å². The predicted octanol–water partition coefficient (Wildman–Crippen LogP) is 4.88. The number of carbonyl (C=O) groups excluding carboxylic acids is 1. The van der Waals surface area contributed by atoms with Crippen LogP contribution in [0.4, 0.5) is 17.5 Å². The van der Waals surface area contributed by atoms with Gasteiger partial charge in [0.2, 0.25) is 5.95 Å². The van der Waals surface area contributed by atoms with E-state index in [9.17, 15) is 4.79 Å². The van der Waals surface area contributed by atoms with Gasteiger partial charge in [-0.15, -0.1) is 0 Å². The third kappa shape index (κ3) is 3.71. The number of aryl methyl sites for hydroxylation is 3. The van der Waals surface area contributed by atoms with Crippen LogP contribution in [0.5, 0.6) is 0 Å². The monoisotopic (exact) mass is 371 g/mol. The molecular formula is C22H21N5O. The Labute approximate surface area is 163 Å². The molecule has 0 saturated heterocycles. The van der Waals surface area contributed by atoms with E-state index < -0.39 is 0 Å². The number of hydrogen-bond donors (Lipinski definition) is 3. The van der Waals surface area contributed by atoms with Crippen molar-refractivity contribution >= 4 is 34.4 Å². The quantitative estimate of drug-likeness (QED) is 0.477. The summed E-state index contributed by atoms with van der Waals surface area (Å²) in [7, 11) is 0. The van der Waals surface area contributed by atoms with Crippen LogP contribution in [-0.2, 0) is 0 Å². The van der Waals surface area contributed by atoms with Crippen LogP contribution >= 0.6 is 0 Å². The number of carbonyl (C=O) groups is 1. The zero-order chi connectivity index (χ0) is 19.7. The van der Waals surface area contributed by atoms with E-state index >= 15 is 0 Å². The average molecular weight is 371 g/mol. The number of amides is 1. The van der Waals surface area contributed by atoms with Gasteiger partial charge >= 0.3 is 0 Å². The van der Waals surface area contributed by atoms with Crippen molar-refractivity contribution in [2.24, 2.45) is 0 Å². The Morgan fingerprint density at radius 1 is 0.964 bits per heavy atom. The Hall–Kier alpha value is -3.67. The third-order valence-electron chi connectivity index (χ3n) is 4.48. The highest BCUT2D eigenvalue weighted by atomic mass is 16.1. The highest BCUT2D eigenvalue weighted by Crippen LogP contribution is 2.22. The number of nitrogens with zero attached hydrogens (tertiary/aromatic N) is 2. The molecule has 2 heterocycles. The topological polar surface area (TPSA) is 82.7 Å². The number of para-hydroxylation sites is 1. The number of benzene rings is 2. The lowest BCUT2D eigenvalue weighted by Crippen LogP contribution is -2.13. The molecule has 0 aliphatic heterocycles. The minimum Gasteiger partial charge on any atom is -0.326 e. The van der Waals surface area contributed by atoms with Crippen LogP contribution in [0.25, 0.3) is 11.0 Å². The maximum absolute atomic E-state index is 12.6. The number of imidazole rings is 1. The first-order chi connectivity index (χ1) is 13.5.